The van der Waals surface area contributed by atoms with Gasteiger partial charge < -0.3 is 19.4 Å². The second-order valence-corrected chi connectivity index (χ2v) is 7.16. The van der Waals surface area contributed by atoms with E-state index in [0.29, 0.717) is 30.3 Å². The fourth-order valence-corrected chi connectivity index (χ4v) is 3.43. The molecule has 0 atom stereocenters. The van der Waals surface area contributed by atoms with E-state index in [0.717, 1.165) is 5.69 Å². The molecule has 1 fully saturated rings. The Hall–Kier alpha value is -4.08. The number of furan rings is 1. The van der Waals surface area contributed by atoms with Gasteiger partial charge in [0.05, 0.1) is 19.9 Å². The number of carbonyl (C=O) groups excluding carboxylic acids is 2. The van der Waals surface area contributed by atoms with Crippen molar-refractivity contribution in [1.82, 2.24) is 20.0 Å². The van der Waals surface area contributed by atoms with Crippen LogP contribution in [-0.2, 0) is 11.3 Å². The maximum atomic E-state index is 12.7. The van der Waals surface area contributed by atoms with Gasteiger partial charge in [0.2, 0.25) is 5.91 Å². The van der Waals surface area contributed by atoms with Gasteiger partial charge in [-0.05, 0) is 42.5 Å². The molecule has 1 aliphatic heterocycles. The van der Waals surface area contributed by atoms with Crippen LogP contribution in [0, 0.1) is 0 Å². The van der Waals surface area contributed by atoms with Gasteiger partial charge >= 0.3 is 6.03 Å². The molecule has 4 rings (SSSR count). The lowest BCUT2D eigenvalue weighted by atomic mass is 10.3. The molecule has 1 aliphatic rings. The summed E-state index contributed by atoms with van der Waals surface area (Å²) in [6, 6.07) is 13.4. The van der Waals surface area contributed by atoms with Crippen LogP contribution in [0.3, 0.4) is 0 Å². The number of urea groups is 1. The van der Waals surface area contributed by atoms with Crippen molar-refractivity contribution in [2.75, 3.05) is 38.2 Å². The van der Waals surface area contributed by atoms with E-state index < -0.39 is 0 Å². The van der Waals surface area contributed by atoms with E-state index in [-0.39, 0.29) is 37.1 Å². The Kier molecular flexibility index (Phi) is 6.20. The fourth-order valence-electron chi connectivity index (χ4n) is 3.43. The molecule has 0 spiro atoms. The Morgan fingerprint density at radius 3 is 2.66 bits per heavy atom. The number of carbonyl (C=O) groups is 2. The third-order valence-corrected chi connectivity index (χ3v) is 5.10. The van der Waals surface area contributed by atoms with Crippen molar-refractivity contribution in [1.29, 1.82) is 0 Å². The quantitative estimate of drug-likeness (QED) is 0.573. The maximum absolute atomic E-state index is 12.7. The summed E-state index contributed by atoms with van der Waals surface area (Å²) >= 11 is 0. The van der Waals surface area contributed by atoms with Gasteiger partial charge in [0.15, 0.2) is 5.76 Å². The first-order chi connectivity index (χ1) is 15.5. The highest BCUT2D eigenvalue weighted by Crippen LogP contribution is 2.23. The molecule has 0 aliphatic carbocycles. The Balaban J connectivity index is 1.29. The standard InChI is InChI=1S/C22H23N5O5/c1-31-17-6-4-16(5-7-17)26-13-12-25(22(26)30)15-20(28)23-10-11-27-21(29)9-8-18(24-27)19-3-2-14-32-19/h2-9,14H,10-13,15H2,1H3,(H,23,28). The molecule has 10 heteroatoms. The second-order valence-electron chi connectivity index (χ2n) is 7.16. The zero-order valence-electron chi connectivity index (χ0n) is 17.6. The highest BCUT2D eigenvalue weighted by Gasteiger charge is 2.30. The molecule has 32 heavy (non-hydrogen) atoms. The van der Waals surface area contributed by atoms with Crippen molar-refractivity contribution in [3.05, 3.63) is 65.1 Å². The normalized spacial score (nSPS) is 13.5. The van der Waals surface area contributed by atoms with Crippen LogP contribution in [0.25, 0.3) is 11.5 Å². The topological polar surface area (TPSA) is 110 Å². The van der Waals surface area contributed by atoms with Crippen LogP contribution in [0.15, 0.2) is 64.0 Å². The maximum Gasteiger partial charge on any atom is 0.325 e. The zero-order valence-corrected chi connectivity index (χ0v) is 17.6. The van der Waals surface area contributed by atoms with Gasteiger partial charge in [-0.3, -0.25) is 14.5 Å². The smallest absolute Gasteiger partial charge is 0.325 e. The number of aromatic nitrogens is 2. The van der Waals surface area contributed by atoms with Gasteiger partial charge in [-0.2, -0.15) is 5.10 Å². The average molecular weight is 437 g/mol. The summed E-state index contributed by atoms with van der Waals surface area (Å²) in [6.07, 6.45) is 1.53. The minimum absolute atomic E-state index is 0.0553. The Morgan fingerprint density at radius 2 is 1.94 bits per heavy atom. The predicted molar refractivity (Wildman–Crippen MR) is 117 cm³/mol. The summed E-state index contributed by atoms with van der Waals surface area (Å²) in [7, 11) is 1.58. The minimum atomic E-state index is -0.301. The molecule has 1 N–H and O–H groups in total. The summed E-state index contributed by atoms with van der Waals surface area (Å²) < 4.78 is 11.7. The van der Waals surface area contributed by atoms with E-state index in [2.05, 4.69) is 10.4 Å². The van der Waals surface area contributed by atoms with E-state index in [9.17, 15) is 14.4 Å². The molecule has 1 aromatic carbocycles. The molecule has 3 heterocycles. The fraction of sp³-hybridized carbons (Fsp3) is 0.273. The average Bonchev–Trinajstić information content (AvgIpc) is 3.46. The number of hydrogen-bond donors (Lipinski definition) is 1. The summed E-state index contributed by atoms with van der Waals surface area (Å²) in [5, 5.41) is 7.00. The minimum Gasteiger partial charge on any atom is -0.497 e. The van der Waals surface area contributed by atoms with E-state index in [4.69, 9.17) is 9.15 Å². The van der Waals surface area contributed by atoms with Crippen LogP contribution in [0.1, 0.15) is 0 Å². The van der Waals surface area contributed by atoms with Gasteiger partial charge in [-0.1, -0.05) is 0 Å². The van der Waals surface area contributed by atoms with Crippen molar-refractivity contribution in [2.45, 2.75) is 6.54 Å². The summed E-state index contributed by atoms with van der Waals surface area (Å²) in [5.74, 6) is 0.960. The van der Waals surface area contributed by atoms with E-state index in [1.54, 1.807) is 42.3 Å². The van der Waals surface area contributed by atoms with Crippen molar-refractivity contribution >= 4 is 17.6 Å². The molecule has 0 saturated carbocycles. The van der Waals surface area contributed by atoms with Crippen LogP contribution < -0.4 is 20.5 Å². The molecule has 3 aromatic rings. The summed E-state index contributed by atoms with van der Waals surface area (Å²) in [5.41, 5.74) is 1.00. The van der Waals surface area contributed by atoms with Crippen molar-refractivity contribution in [3.63, 3.8) is 0 Å². The third-order valence-electron chi connectivity index (χ3n) is 5.10. The number of ether oxygens (including phenoxy) is 1. The molecule has 0 bridgehead atoms. The number of amides is 3. The Morgan fingerprint density at radius 1 is 1.12 bits per heavy atom. The second kappa shape index (κ2) is 9.38. The Bertz CT molecular complexity index is 1140. The number of methoxy groups -OCH3 is 1. The number of rotatable bonds is 8. The SMILES string of the molecule is COc1ccc(N2CCN(CC(=O)NCCn3nc(-c4ccco4)ccc3=O)C2=O)cc1. The Labute approximate surface area is 184 Å². The van der Waals surface area contributed by atoms with Crippen LogP contribution >= 0.6 is 0 Å². The molecule has 10 nitrogen and oxygen atoms in total. The number of nitrogens with zero attached hydrogens (tertiary/aromatic N) is 4. The van der Waals surface area contributed by atoms with Crippen LogP contribution in [0.5, 0.6) is 5.75 Å². The molecule has 2 aromatic heterocycles. The highest BCUT2D eigenvalue weighted by molar-refractivity contribution is 5.96. The molecule has 166 valence electrons. The summed E-state index contributed by atoms with van der Waals surface area (Å²) in [6.45, 7) is 1.30. The lowest BCUT2D eigenvalue weighted by Gasteiger charge is -2.18. The monoisotopic (exact) mass is 437 g/mol. The van der Waals surface area contributed by atoms with Gasteiger partial charge in [0.25, 0.3) is 5.56 Å². The third kappa shape index (κ3) is 4.64. The van der Waals surface area contributed by atoms with Crippen molar-refractivity contribution < 1.29 is 18.7 Å². The number of nitrogens with one attached hydrogen (secondary N) is 1. The number of anilines is 1. The molecular formula is C22H23N5O5. The van der Waals surface area contributed by atoms with E-state index in [1.807, 2.05) is 12.1 Å². The lowest BCUT2D eigenvalue weighted by Crippen LogP contribution is -2.41. The van der Waals surface area contributed by atoms with Gasteiger partial charge in [-0.25, -0.2) is 9.48 Å². The number of hydrogen-bond acceptors (Lipinski definition) is 6. The first-order valence-electron chi connectivity index (χ1n) is 10.1. The highest BCUT2D eigenvalue weighted by atomic mass is 16.5. The largest absolute Gasteiger partial charge is 0.497 e. The van der Waals surface area contributed by atoms with Crippen LogP contribution in [-0.4, -0.2) is 59.9 Å². The van der Waals surface area contributed by atoms with Crippen molar-refractivity contribution in [3.8, 4) is 17.2 Å². The van der Waals surface area contributed by atoms with Gasteiger partial charge in [0, 0.05) is 31.4 Å². The number of benzene rings is 1. The summed E-state index contributed by atoms with van der Waals surface area (Å²) in [4.78, 5) is 40.1. The van der Waals surface area contributed by atoms with E-state index in [1.165, 1.54) is 21.9 Å². The predicted octanol–water partition coefficient (Wildman–Crippen LogP) is 1.57. The first-order valence-corrected chi connectivity index (χ1v) is 10.1. The molecule has 0 radical (unpaired) electrons. The zero-order chi connectivity index (χ0) is 22.5. The van der Waals surface area contributed by atoms with Gasteiger partial charge in [-0.15, -0.1) is 0 Å². The lowest BCUT2D eigenvalue weighted by molar-refractivity contribution is -0.121. The van der Waals surface area contributed by atoms with Crippen LogP contribution in [0.4, 0.5) is 10.5 Å². The van der Waals surface area contributed by atoms with Gasteiger partial charge in [0.1, 0.15) is 18.0 Å². The molecule has 1 saturated heterocycles. The first kappa shape index (κ1) is 21.2. The van der Waals surface area contributed by atoms with Crippen LogP contribution in [0.2, 0.25) is 0 Å². The van der Waals surface area contributed by atoms with E-state index >= 15 is 0 Å². The van der Waals surface area contributed by atoms with Crippen molar-refractivity contribution in [2.24, 2.45) is 0 Å². The molecule has 3 amide bonds. The molecular weight excluding hydrogens is 414 g/mol. The molecule has 0 unspecified atom stereocenters.